The summed E-state index contributed by atoms with van der Waals surface area (Å²) in [4.78, 5) is 0. The number of aliphatic hydroxyl groups is 1. The Bertz CT molecular complexity index is 471. The summed E-state index contributed by atoms with van der Waals surface area (Å²) in [7, 11) is 1.62. The number of hydrogen-bond donors (Lipinski definition) is 2. The maximum atomic E-state index is 10.0. The third-order valence-electron chi connectivity index (χ3n) is 3.79. The van der Waals surface area contributed by atoms with Gasteiger partial charge < -0.3 is 24.6 Å². The van der Waals surface area contributed by atoms with Crippen molar-refractivity contribution in [3.63, 3.8) is 0 Å². The van der Waals surface area contributed by atoms with E-state index < -0.39 is 5.60 Å². The quantitative estimate of drug-likeness (QED) is 0.843. The molecule has 0 atom stereocenters. The molecule has 0 unspecified atom stereocenters. The van der Waals surface area contributed by atoms with Crippen molar-refractivity contribution in [3.05, 3.63) is 17.7 Å². The lowest BCUT2D eigenvalue weighted by Gasteiger charge is -2.36. The van der Waals surface area contributed by atoms with Crippen molar-refractivity contribution in [1.82, 2.24) is 5.32 Å². The molecule has 1 aromatic rings. The summed E-state index contributed by atoms with van der Waals surface area (Å²) in [6.07, 6.45) is 2.91. The first-order valence-corrected chi connectivity index (χ1v) is 6.60. The van der Waals surface area contributed by atoms with Gasteiger partial charge in [0.2, 0.25) is 12.5 Å². The van der Waals surface area contributed by atoms with Crippen LogP contribution >= 0.6 is 0 Å². The average Bonchev–Trinajstić information content (AvgIpc) is 2.84. The van der Waals surface area contributed by atoms with Crippen LogP contribution in [0, 0.1) is 0 Å². The van der Waals surface area contributed by atoms with Gasteiger partial charge in [0.05, 0.1) is 12.7 Å². The van der Waals surface area contributed by atoms with Crippen molar-refractivity contribution in [2.45, 2.75) is 31.4 Å². The number of fused-ring (bicyclic) bond motifs is 1. The van der Waals surface area contributed by atoms with Crippen molar-refractivity contribution < 1.29 is 19.3 Å². The highest BCUT2D eigenvalue weighted by atomic mass is 16.7. The molecule has 19 heavy (non-hydrogen) atoms. The first-order valence-electron chi connectivity index (χ1n) is 6.60. The average molecular weight is 265 g/mol. The molecule has 0 spiro atoms. The zero-order valence-corrected chi connectivity index (χ0v) is 11.1. The number of rotatable bonds is 5. The predicted molar refractivity (Wildman–Crippen MR) is 69.6 cm³/mol. The van der Waals surface area contributed by atoms with Crippen molar-refractivity contribution in [2.75, 3.05) is 20.4 Å². The maximum Gasteiger partial charge on any atom is 0.231 e. The highest BCUT2D eigenvalue weighted by molar-refractivity contribution is 5.55. The van der Waals surface area contributed by atoms with Gasteiger partial charge in [-0.3, -0.25) is 0 Å². The number of ether oxygens (including phenoxy) is 3. The Morgan fingerprint density at radius 1 is 1.37 bits per heavy atom. The second kappa shape index (κ2) is 4.90. The van der Waals surface area contributed by atoms with Crippen LogP contribution < -0.4 is 19.5 Å². The fourth-order valence-corrected chi connectivity index (χ4v) is 2.49. The van der Waals surface area contributed by atoms with Crippen LogP contribution in [-0.2, 0) is 6.54 Å². The summed E-state index contributed by atoms with van der Waals surface area (Å²) in [5.74, 6) is 2.08. The van der Waals surface area contributed by atoms with E-state index >= 15 is 0 Å². The van der Waals surface area contributed by atoms with Gasteiger partial charge in [-0.05, 0) is 37.0 Å². The van der Waals surface area contributed by atoms with Crippen LogP contribution in [0.4, 0.5) is 0 Å². The molecule has 0 amide bonds. The van der Waals surface area contributed by atoms with Gasteiger partial charge in [-0.15, -0.1) is 0 Å². The van der Waals surface area contributed by atoms with Gasteiger partial charge in [0.15, 0.2) is 11.5 Å². The fraction of sp³-hybridized carbons (Fsp3) is 0.571. The van der Waals surface area contributed by atoms with Gasteiger partial charge >= 0.3 is 0 Å². The minimum absolute atomic E-state index is 0.238. The molecular weight excluding hydrogens is 246 g/mol. The summed E-state index contributed by atoms with van der Waals surface area (Å²) in [6, 6.07) is 3.88. The molecule has 104 valence electrons. The summed E-state index contributed by atoms with van der Waals surface area (Å²) in [5.41, 5.74) is 0.560. The monoisotopic (exact) mass is 265 g/mol. The van der Waals surface area contributed by atoms with Crippen LogP contribution in [0.1, 0.15) is 24.8 Å². The number of benzene rings is 1. The molecule has 1 aliphatic carbocycles. The Morgan fingerprint density at radius 2 is 2.21 bits per heavy atom. The van der Waals surface area contributed by atoms with Crippen LogP contribution in [0.3, 0.4) is 0 Å². The van der Waals surface area contributed by atoms with Crippen molar-refractivity contribution in [1.29, 1.82) is 0 Å². The first kappa shape index (κ1) is 12.6. The van der Waals surface area contributed by atoms with E-state index in [9.17, 15) is 5.11 Å². The third-order valence-corrected chi connectivity index (χ3v) is 3.79. The summed E-state index contributed by atoms with van der Waals surface area (Å²) in [5, 5.41) is 13.3. The molecule has 1 aliphatic heterocycles. The molecule has 1 fully saturated rings. The number of methoxy groups -OCH3 is 1. The minimum atomic E-state index is -0.500. The summed E-state index contributed by atoms with van der Waals surface area (Å²) in [6.45, 7) is 1.54. The molecule has 1 saturated carbocycles. The zero-order valence-electron chi connectivity index (χ0n) is 11.1. The van der Waals surface area contributed by atoms with E-state index in [1.54, 1.807) is 7.11 Å². The maximum absolute atomic E-state index is 10.0. The van der Waals surface area contributed by atoms with Gasteiger partial charge in [-0.25, -0.2) is 0 Å². The smallest absolute Gasteiger partial charge is 0.231 e. The Labute approximate surface area is 112 Å². The Balaban J connectivity index is 1.64. The molecule has 2 aliphatic rings. The molecule has 5 nitrogen and oxygen atoms in total. The van der Waals surface area contributed by atoms with Crippen LogP contribution in [-0.4, -0.2) is 31.2 Å². The first-order chi connectivity index (χ1) is 9.20. The molecule has 2 N–H and O–H groups in total. The third kappa shape index (κ3) is 2.48. The molecule has 0 radical (unpaired) electrons. The molecule has 1 heterocycles. The van der Waals surface area contributed by atoms with Crippen molar-refractivity contribution in [3.8, 4) is 17.2 Å². The topological polar surface area (TPSA) is 60.0 Å². The molecule has 0 bridgehead atoms. The molecule has 0 aromatic heterocycles. The van der Waals surface area contributed by atoms with Crippen molar-refractivity contribution in [2.24, 2.45) is 0 Å². The van der Waals surface area contributed by atoms with Crippen LogP contribution in [0.5, 0.6) is 17.2 Å². The summed E-state index contributed by atoms with van der Waals surface area (Å²) >= 11 is 0. The highest BCUT2D eigenvalue weighted by Crippen LogP contribution is 2.41. The minimum Gasteiger partial charge on any atom is -0.493 e. The second-order valence-corrected chi connectivity index (χ2v) is 5.21. The van der Waals surface area contributed by atoms with E-state index in [0.717, 1.165) is 30.6 Å². The van der Waals surface area contributed by atoms with Gasteiger partial charge in [0.25, 0.3) is 0 Å². The predicted octanol–water partition coefficient (Wildman–Crippen LogP) is 1.43. The van der Waals surface area contributed by atoms with Crippen LogP contribution in [0.2, 0.25) is 0 Å². The number of nitrogens with one attached hydrogen (secondary N) is 1. The van der Waals surface area contributed by atoms with Gasteiger partial charge in [-0.1, -0.05) is 0 Å². The fourth-order valence-electron chi connectivity index (χ4n) is 2.49. The van der Waals surface area contributed by atoms with E-state index in [0.29, 0.717) is 24.6 Å². The Hall–Kier alpha value is -1.46. The molecular formula is C14H19NO4. The molecule has 3 rings (SSSR count). The lowest BCUT2D eigenvalue weighted by Crippen LogP contribution is -2.45. The van der Waals surface area contributed by atoms with Crippen LogP contribution in [0.15, 0.2) is 12.1 Å². The lowest BCUT2D eigenvalue weighted by atomic mass is 9.80. The normalized spacial score (nSPS) is 19.1. The second-order valence-electron chi connectivity index (χ2n) is 5.21. The Morgan fingerprint density at radius 3 is 2.89 bits per heavy atom. The van der Waals surface area contributed by atoms with Gasteiger partial charge in [-0.2, -0.15) is 0 Å². The van der Waals surface area contributed by atoms with Crippen LogP contribution in [0.25, 0.3) is 0 Å². The van der Waals surface area contributed by atoms with E-state index in [-0.39, 0.29) is 6.79 Å². The largest absolute Gasteiger partial charge is 0.493 e. The van der Waals surface area contributed by atoms with E-state index in [1.165, 1.54) is 0 Å². The highest BCUT2D eigenvalue weighted by Gasteiger charge is 2.33. The van der Waals surface area contributed by atoms with Crippen molar-refractivity contribution >= 4 is 0 Å². The molecule has 1 aromatic carbocycles. The molecule has 5 heteroatoms. The van der Waals surface area contributed by atoms with E-state index in [2.05, 4.69) is 5.32 Å². The standard InChI is InChI=1S/C14H19NO4/c1-17-11-5-10(6-12-13(11)19-9-18-12)7-15-8-14(16)3-2-4-14/h5-6,15-16H,2-4,7-9H2,1H3. The summed E-state index contributed by atoms with van der Waals surface area (Å²) < 4.78 is 16.0. The molecule has 0 saturated heterocycles. The van der Waals surface area contributed by atoms with Gasteiger partial charge in [0, 0.05) is 13.1 Å². The Kier molecular flexibility index (Phi) is 3.24. The van der Waals surface area contributed by atoms with E-state index in [1.807, 2.05) is 12.1 Å². The lowest BCUT2D eigenvalue weighted by molar-refractivity contribution is -0.0314. The number of hydrogen-bond acceptors (Lipinski definition) is 5. The zero-order chi connectivity index (χ0) is 13.3. The van der Waals surface area contributed by atoms with E-state index in [4.69, 9.17) is 14.2 Å². The van der Waals surface area contributed by atoms with Gasteiger partial charge in [0.1, 0.15) is 0 Å². The SMILES string of the molecule is COc1cc(CNCC2(O)CCC2)cc2c1OCO2.